The lowest BCUT2D eigenvalue weighted by atomic mass is 9.90. The minimum atomic E-state index is -1.41. The lowest BCUT2D eigenvalue weighted by molar-refractivity contribution is 0.00578. The summed E-state index contributed by atoms with van der Waals surface area (Å²) < 4.78 is 17.3. The lowest BCUT2D eigenvalue weighted by Gasteiger charge is -2.32. The molecular weight excluding hydrogens is 243 g/mol. The van der Waals surface area contributed by atoms with Crippen LogP contribution >= 0.6 is 0 Å². The van der Waals surface area contributed by atoms with E-state index in [-0.39, 0.29) is 11.2 Å². The summed E-state index contributed by atoms with van der Waals surface area (Å²) in [7, 11) is -1.83. The molecule has 18 heavy (non-hydrogen) atoms. The largest absolute Gasteiger partial charge is 0.551 e. The minimum Gasteiger partial charge on any atom is -0.417 e. The van der Waals surface area contributed by atoms with Gasteiger partial charge in [-0.1, -0.05) is 5.82 Å². The molecule has 0 bridgehead atoms. The van der Waals surface area contributed by atoms with Crippen LogP contribution in [0, 0.1) is 11.7 Å². The van der Waals surface area contributed by atoms with Gasteiger partial charge >= 0.3 is 7.12 Å². The Morgan fingerprint density at radius 3 is 2.00 bits per heavy atom. The first kappa shape index (κ1) is 15.8. The molecule has 0 saturated carbocycles. The molecule has 1 saturated heterocycles. The number of rotatable bonds is 3. The van der Waals surface area contributed by atoms with Crippen molar-refractivity contribution in [2.24, 2.45) is 0 Å². The van der Waals surface area contributed by atoms with E-state index < -0.39 is 15.4 Å². The zero-order chi connectivity index (χ0) is 14.0. The molecule has 0 radical (unpaired) electrons. The van der Waals surface area contributed by atoms with Crippen molar-refractivity contribution in [3.05, 3.63) is 0 Å². The van der Waals surface area contributed by atoms with Crippen molar-refractivity contribution < 1.29 is 13.7 Å². The van der Waals surface area contributed by atoms with Gasteiger partial charge in [-0.15, -0.1) is 5.92 Å². The van der Waals surface area contributed by atoms with E-state index in [0.29, 0.717) is 6.61 Å². The highest BCUT2D eigenvalue weighted by molar-refractivity contribution is 6.69. The van der Waals surface area contributed by atoms with Crippen LogP contribution in [-0.4, -0.2) is 33.2 Å². The third-order valence-corrected chi connectivity index (χ3v) is 4.31. The molecule has 0 aromatic heterocycles. The van der Waals surface area contributed by atoms with Gasteiger partial charge in [0.2, 0.25) is 0 Å². The van der Waals surface area contributed by atoms with E-state index in [2.05, 4.69) is 31.4 Å². The Bertz CT molecular complexity index is 333. The zero-order valence-electron chi connectivity index (χ0n) is 12.7. The van der Waals surface area contributed by atoms with E-state index in [4.69, 9.17) is 13.7 Å². The molecular formula is C13H25BO3Si. The fraction of sp³-hybridized carbons (Fsp3) is 0.846. The molecule has 0 aliphatic carbocycles. The van der Waals surface area contributed by atoms with Gasteiger partial charge in [-0.05, 0) is 47.3 Å². The molecule has 0 spiro atoms. The summed E-state index contributed by atoms with van der Waals surface area (Å²) in [4.78, 5) is 0. The lowest BCUT2D eigenvalue weighted by Crippen LogP contribution is -2.41. The first-order valence-electron chi connectivity index (χ1n) is 6.51. The Kier molecular flexibility index (Phi) is 4.71. The Labute approximate surface area is 113 Å². The Balaban J connectivity index is 2.38. The molecule has 0 amide bonds. The van der Waals surface area contributed by atoms with E-state index in [1.807, 2.05) is 27.7 Å². The third-order valence-electron chi connectivity index (χ3n) is 3.24. The van der Waals surface area contributed by atoms with Gasteiger partial charge in [0, 0.05) is 13.0 Å². The molecule has 0 atom stereocenters. The van der Waals surface area contributed by atoms with Gasteiger partial charge in [0.15, 0.2) is 8.32 Å². The second kappa shape index (κ2) is 5.38. The third kappa shape index (κ3) is 4.43. The van der Waals surface area contributed by atoms with E-state index in [1.165, 1.54) is 0 Å². The monoisotopic (exact) mass is 268 g/mol. The number of hydrogen-bond acceptors (Lipinski definition) is 3. The molecule has 0 aromatic rings. The molecule has 5 heteroatoms. The summed E-state index contributed by atoms with van der Waals surface area (Å²) in [5.74, 6) is 6.09. The van der Waals surface area contributed by atoms with Crippen molar-refractivity contribution in [2.75, 3.05) is 6.61 Å². The molecule has 0 aromatic carbocycles. The van der Waals surface area contributed by atoms with Gasteiger partial charge in [0.25, 0.3) is 0 Å². The van der Waals surface area contributed by atoms with E-state index in [9.17, 15) is 0 Å². The molecule has 1 rings (SSSR count). The standard InChI is InChI=1S/C13H25BO3Si/c1-12(2)13(3,4)17-14(16-12)10-8-9-11-15-18(5,6)7/h9,11H2,1-7H3. The highest BCUT2D eigenvalue weighted by atomic mass is 28.4. The molecule has 0 unspecified atom stereocenters. The van der Waals surface area contributed by atoms with Gasteiger partial charge in [0.05, 0.1) is 11.2 Å². The first-order valence-corrected chi connectivity index (χ1v) is 9.92. The fourth-order valence-corrected chi connectivity index (χ4v) is 2.18. The van der Waals surface area contributed by atoms with Gasteiger partial charge in [-0.2, -0.15) is 0 Å². The van der Waals surface area contributed by atoms with Crippen LogP contribution in [0.5, 0.6) is 0 Å². The van der Waals surface area contributed by atoms with Gasteiger partial charge in [-0.25, -0.2) is 0 Å². The molecule has 1 aliphatic heterocycles. The quantitative estimate of drug-likeness (QED) is 0.447. The molecule has 1 aliphatic rings. The maximum absolute atomic E-state index is 5.78. The van der Waals surface area contributed by atoms with Crippen LogP contribution in [0.25, 0.3) is 0 Å². The summed E-state index contributed by atoms with van der Waals surface area (Å²) in [6.45, 7) is 15.3. The van der Waals surface area contributed by atoms with Crippen molar-refractivity contribution in [2.45, 2.75) is 65.0 Å². The van der Waals surface area contributed by atoms with Crippen molar-refractivity contribution in [1.29, 1.82) is 0 Å². The molecule has 1 heterocycles. The van der Waals surface area contributed by atoms with Crippen molar-refractivity contribution in [1.82, 2.24) is 0 Å². The predicted molar refractivity (Wildman–Crippen MR) is 77.8 cm³/mol. The average molecular weight is 268 g/mol. The second-order valence-electron chi connectivity index (χ2n) is 6.62. The van der Waals surface area contributed by atoms with Crippen LogP contribution in [0.4, 0.5) is 0 Å². The Morgan fingerprint density at radius 2 is 1.56 bits per heavy atom. The van der Waals surface area contributed by atoms with Gasteiger partial charge < -0.3 is 13.7 Å². The average Bonchev–Trinajstić information content (AvgIpc) is 2.32. The molecule has 3 nitrogen and oxygen atoms in total. The summed E-state index contributed by atoms with van der Waals surface area (Å²) in [5, 5.41) is 0. The fourth-order valence-electron chi connectivity index (χ4n) is 1.47. The highest BCUT2D eigenvalue weighted by Gasteiger charge is 2.50. The summed E-state index contributed by atoms with van der Waals surface area (Å²) in [6, 6.07) is 0. The maximum Gasteiger partial charge on any atom is 0.551 e. The normalized spacial score (nSPS) is 21.6. The van der Waals surface area contributed by atoms with Crippen LogP contribution in [0.1, 0.15) is 34.1 Å². The van der Waals surface area contributed by atoms with Crippen molar-refractivity contribution in [3.63, 3.8) is 0 Å². The van der Waals surface area contributed by atoms with E-state index in [1.54, 1.807) is 0 Å². The van der Waals surface area contributed by atoms with Crippen LogP contribution < -0.4 is 0 Å². The summed E-state index contributed by atoms with van der Waals surface area (Å²) in [5.41, 5.74) is -0.609. The van der Waals surface area contributed by atoms with Gasteiger partial charge in [0.1, 0.15) is 0 Å². The van der Waals surface area contributed by atoms with Crippen LogP contribution in [0.15, 0.2) is 0 Å². The highest BCUT2D eigenvalue weighted by Crippen LogP contribution is 2.36. The van der Waals surface area contributed by atoms with Crippen molar-refractivity contribution in [3.8, 4) is 11.7 Å². The van der Waals surface area contributed by atoms with Crippen molar-refractivity contribution >= 4 is 15.4 Å². The molecule has 102 valence electrons. The van der Waals surface area contributed by atoms with E-state index >= 15 is 0 Å². The maximum atomic E-state index is 5.78. The number of hydrogen-bond donors (Lipinski definition) is 0. The zero-order valence-corrected chi connectivity index (χ0v) is 13.7. The Hall–Kier alpha value is -0.278. The topological polar surface area (TPSA) is 27.7 Å². The minimum absolute atomic E-state index is 0.304. The van der Waals surface area contributed by atoms with Gasteiger partial charge in [-0.3, -0.25) is 0 Å². The van der Waals surface area contributed by atoms with Crippen LogP contribution in [-0.2, 0) is 13.7 Å². The van der Waals surface area contributed by atoms with Crippen LogP contribution in [0.2, 0.25) is 19.6 Å². The summed E-state index contributed by atoms with van der Waals surface area (Å²) >= 11 is 0. The van der Waals surface area contributed by atoms with Crippen LogP contribution in [0.3, 0.4) is 0 Å². The molecule has 0 N–H and O–H groups in total. The second-order valence-corrected chi connectivity index (χ2v) is 11.1. The Morgan fingerprint density at radius 1 is 1.06 bits per heavy atom. The smallest absolute Gasteiger partial charge is 0.417 e. The van der Waals surface area contributed by atoms with E-state index in [0.717, 1.165) is 6.42 Å². The predicted octanol–water partition coefficient (Wildman–Crippen LogP) is 2.86. The SMILES string of the molecule is CC1(C)OB(C#CCCO[Si](C)(C)C)OC1(C)C. The summed E-state index contributed by atoms with van der Waals surface area (Å²) in [6.07, 6.45) is 0.731. The molecule has 1 fully saturated rings. The first-order chi connectivity index (χ1) is 8.04.